The Kier molecular flexibility index (Phi) is 4.22. The number of rotatable bonds is 3. The topological polar surface area (TPSA) is 82.2 Å². The van der Waals surface area contributed by atoms with Gasteiger partial charge in [-0.3, -0.25) is 9.59 Å². The van der Waals surface area contributed by atoms with Crippen LogP contribution in [0.3, 0.4) is 0 Å². The van der Waals surface area contributed by atoms with Crippen LogP contribution in [-0.2, 0) is 0 Å². The van der Waals surface area contributed by atoms with Crippen molar-refractivity contribution in [1.82, 2.24) is 19.9 Å². The van der Waals surface area contributed by atoms with Crippen molar-refractivity contribution in [2.24, 2.45) is 11.8 Å². The van der Waals surface area contributed by atoms with Gasteiger partial charge in [0, 0.05) is 56.0 Å². The predicted octanol–water partition coefficient (Wildman–Crippen LogP) is 1.50. The molecule has 0 aliphatic carbocycles. The summed E-state index contributed by atoms with van der Waals surface area (Å²) < 4.78 is 0. The van der Waals surface area contributed by atoms with Crippen LogP contribution in [0.2, 0.25) is 0 Å². The number of aromatic nitrogens is 3. The van der Waals surface area contributed by atoms with Crippen molar-refractivity contribution in [1.29, 1.82) is 0 Å². The number of hydrogen-bond acceptors (Lipinski definition) is 5. The van der Waals surface area contributed by atoms with Gasteiger partial charge in [-0.1, -0.05) is 13.8 Å². The molecule has 2 atom stereocenters. The number of carbonyl (C=O) groups excluding carboxylic acids is 1. The Morgan fingerprint density at radius 1 is 1.19 bits per heavy atom. The lowest BCUT2D eigenvalue weighted by Gasteiger charge is -2.22. The van der Waals surface area contributed by atoms with Crippen LogP contribution < -0.4 is 10.5 Å². The molecule has 136 valence electrons. The molecule has 2 aliphatic heterocycles. The van der Waals surface area contributed by atoms with Gasteiger partial charge in [-0.2, -0.15) is 0 Å². The van der Waals surface area contributed by atoms with E-state index in [1.807, 2.05) is 4.90 Å². The Morgan fingerprint density at radius 3 is 2.58 bits per heavy atom. The van der Waals surface area contributed by atoms with Gasteiger partial charge in [0.2, 0.25) is 0 Å². The van der Waals surface area contributed by atoms with E-state index < -0.39 is 0 Å². The Morgan fingerprint density at radius 2 is 1.92 bits per heavy atom. The van der Waals surface area contributed by atoms with Crippen LogP contribution in [-0.4, -0.2) is 51.9 Å². The van der Waals surface area contributed by atoms with Gasteiger partial charge in [0.25, 0.3) is 11.5 Å². The van der Waals surface area contributed by atoms with Gasteiger partial charge in [-0.15, -0.1) is 0 Å². The van der Waals surface area contributed by atoms with E-state index in [2.05, 4.69) is 39.8 Å². The highest BCUT2D eigenvalue weighted by molar-refractivity contribution is 5.94. The first-order chi connectivity index (χ1) is 12.5. The fourth-order valence-electron chi connectivity index (χ4n) is 3.96. The second kappa shape index (κ2) is 6.55. The Balaban J connectivity index is 1.45. The van der Waals surface area contributed by atoms with Gasteiger partial charge >= 0.3 is 0 Å². The second-order valence-corrected chi connectivity index (χ2v) is 7.50. The van der Waals surface area contributed by atoms with Crippen LogP contribution in [0, 0.1) is 11.8 Å². The Hall–Kier alpha value is -2.70. The van der Waals surface area contributed by atoms with Crippen LogP contribution in [0.5, 0.6) is 0 Å². The van der Waals surface area contributed by atoms with E-state index in [1.165, 1.54) is 0 Å². The van der Waals surface area contributed by atoms with Crippen molar-refractivity contribution in [3.8, 4) is 0 Å². The number of H-pyrrole nitrogens is 1. The third-order valence-corrected chi connectivity index (χ3v) is 5.41. The van der Waals surface area contributed by atoms with Crippen molar-refractivity contribution < 1.29 is 4.79 Å². The molecular formula is C19H23N5O2. The molecule has 2 unspecified atom stereocenters. The molecule has 1 amide bonds. The Labute approximate surface area is 152 Å². The summed E-state index contributed by atoms with van der Waals surface area (Å²) in [5.41, 5.74) is 0.951. The minimum absolute atomic E-state index is 0.170. The molecule has 0 saturated carbocycles. The number of hydrogen-bond donors (Lipinski definition) is 1. The summed E-state index contributed by atoms with van der Waals surface area (Å²) in [4.78, 5) is 40.0. The lowest BCUT2D eigenvalue weighted by molar-refractivity contribution is 0.0781. The lowest BCUT2D eigenvalue weighted by Crippen LogP contribution is -2.36. The van der Waals surface area contributed by atoms with Gasteiger partial charge in [0.1, 0.15) is 17.7 Å². The number of pyridine rings is 1. The highest BCUT2D eigenvalue weighted by Gasteiger charge is 2.42. The third kappa shape index (κ3) is 2.98. The number of aromatic amines is 1. The molecule has 0 bridgehead atoms. The van der Waals surface area contributed by atoms with E-state index in [4.69, 9.17) is 0 Å². The molecule has 0 radical (unpaired) electrons. The minimum atomic E-state index is -0.321. The van der Waals surface area contributed by atoms with Crippen LogP contribution in [0.4, 0.5) is 5.82 Å². The van der Waals surface area contributed by atoms with Crippen LogP contribution >= 0.6 is 0 Å². The van der Waals surface area contributed by atoms with E-state index in [9.17, 15) is 9.59 Å². The smallest absolute Gasteiger partial charge is 0.260 e. The summed E-state index contributed by atoms with van der Waals surface area (Å²) in [6.07, 6.45) is 3.18. The molecule has 2 fully saturated rings. The monoisotopic (exact) mass is 353 g/mol. The number of anilines is 1. The molecule has 1 N–H and O–H groups in total. The fraction of sp³-hybridized carbons (Fsp3) is 0.474. The van der Waals surface area contributed by atoms with Crippen LogP contribution in [0.25, 0.3) is 0 Å². The number of likely N-dealkylation sites (tertiary alicyclic amines) is 1. The first-order valence-corrected chi connectivity index (χ1v) is 9.07. The molecule has 0 spiro atoms. The second-order valence-electron chi connectivity index (χ2n) is 7.50. The van der Waals surface area contributed by atoms with E-state index in [0.717, 1.165) is 24.6 Å². The van der Waals surface area contributed by atoms with Gasteiger partial charge < -0.3 is 14.8 Å². The van der Waals surface area contributed by atoms with Crippen molar-refractivity contribution in [3.63, 3.8) is 0 Å². The summed E-state index contributed by atoms with van der Waals surface area (Å²) in [7, 11) is 0. The molecule has 2 aromatic heterocycles. The molecule has 2 aliphatic rings. The summed E-state index contributed by atoms with van der Waals surface area (Å²) in [6, 6.07) is 5.35. The van der Waals surface area contributed by atoms with Crippen molar-refractivity contribution in [3.05, 3.63) is 52.3 Å². The molecular weight excluding hydrogens is 330 g/mol. The molecule has 7 heteroatoms. The molecule has 7 nitrogen and oxygen atoms in total. The van der Waals surface area contributed by atoms with E-state index in [0.29, 0.717) is 30.8 Å². The SMILES string of the molecule is CC(C)c1cc(N2CC3CN(C(=O)c4ccc[nH]c4=O)CC3C2)ncn1. The predicted molar refractivity (Wildman–Crippen MR) is 98.3 cm³/mol. The Bertz CT molecular complexity index is 864. The van der Waals surface area contributed by atoms with E-state index in [1.54, 1.807) is 24.7 Å². The lowest BCUT2D eigenvalue weighted by atomic mass is 10.0. The highest BCUT2D eigenvalue weighted by atomic mass is 16.2. The van der Waals surface area contributed by atoms with Gasteiger partial charge in [0.05, 0.1) is 0 Å². The van der Waals surface area contributed by atoms with E-state index >= 15 is 0 Å². The summed E-state index contributed by atoms with van der Waals surface area (Å²) in [5.74, 6) is 2.00. The molecule has 2 saturated heterocycles. The minimum Gasteiger partial charge on any atom is -0.356 e. The molecule has 2 aromatic rings. The molecule has 4 heterocycles. The first kappa shape index (κ1) is 16.8. The van der Waals surface area contributed by atoms with Crippen LogP contribution in [0.15, 0.2) is 35.5 Å². The first-order valence-electron chi connectivity index (χ1n) is 9.07. The number of nitrogens with one attached hydrogen (secondary N) is 1. The number of amides is 1. The molecule has 4 rings (SSSR count). The van der Waals surface area contributed by atoms with Gasteiger partial charge in [-0.05, 0) is 18.1 Å². The summed E-state index contributed by atoms with van der Waals surface area (Å²) in [5, 5.41) is 0. The van der Waals surface area contributed by atoms with E-state index in [-0.39, 0.29) is 17.0 Å². The zero-order valence-electron chi connectivity index (χ0n) is 15.1. The fourth-order valence-corrected chi connectivity index (χ4v) is 3.96. The highest BCUT2D eigenvalue weighted by Crippen LogP contribution is 2.34. The normalized spacial score (nSPS) is 22.1. The van der Waals surface area contributed by atoms with Crippen molar-refractivity contribution in [2.75, 3.05) is 31.1 Å². The zero-order valence-corrected chi connectivity index (χ0v) is 15.1. The number of fused-ring (bicyclic) bond motifs is 1. The average molecular weight is 353 g/mol. The van der Waals surface area contributed by atoms with Crippen molar-refractivity contribution in [2.45, 2.75) is 19.8 Å². The van der Waals surface area contributed by atoms with Crippen LogP contribution in [0.1, 0.15) is 35.8 Å². The summed E-state index contributed by atoms with van der Waals surface area (Å²) in [6.45, 7) is 7.40. The van der Waals surface area contributed by atoms with Gasteiger partial charge in [0.15, 0.2) is 0 Å². The maximum Gasteiger partial charge on any atom is 0.260 e. The maximum atomic E-state index is 12.6. The zero-order chi connectivity index (χ0) is 18.3. The van der Waals surface area contributed by atoms with Gasteiger partial charge in [-0.25, -0.2) is 9.97 Å². The quantitative estimate of drug-likeness (QED) is 0.904. The van der Waals surface area contributed by atoms with Crippen molar-refractivity contribution >= 4 is 11.7 Å². The standard InChI is InChI=1S/C19H23N5O2/c1-12(2)16-6-17(22-11-21-16)23-7-13-9-24(10-14(13)8-23)19(26)15-4-3-5-20-18(15)25/h3-6,11-14H,7-10H2,1-2H3,(H,20,25). The third-order valence-electron chi connectivity index (χ3n) is 5.41. The number of nitrogens with zero attached hydrogens (tertiary/aromatic N) is 4. The average Bonchev–Trinajstić information content (AvgIpc) is 3.21. The molecule has 0 aromatic carbocycles. The summed E-state index contributed by atoms with van der Waals surface area (Å²) >= 11 is 0. The number of carbonyl (C=O) groups is 1. The maximum absolute atomic E-state index is 12.6. The largest absolute Gasteiger partial charge is 0.356 e. The molecule has 26 heavy (non-hydrogen) atoms.